The lowest BCUT2D eigenvalue weighted by molar-refractivity contribution is -0.137. The number of hydrogen-bond acceptors (Lipinski definition) is 2. The maximum absolute atomic E-state index is 12.5. The van der Waals surface area contributed by atoms with Gasteiger partial charge < -0.3 is 9.47 Å². The molecule has 126 valence electrons. The van der Waals surface area contributed by atoms with E-state index in [2.05, 4.69) is 11.8 Å². The van der Waals surface area contributed by atoms with E-state index in [1.165, 1.54) is 12.1 Å². The van der Waals surface area contributed by atoms with Crippen LogP contribution in [0.2, 0.25) is 0 Å². The van der Waals surface area contributed by atoms with E-state index in [4.69, 9.17) is 9.47 Å². The average molecular weight is 334 g/mol. The SMILES string of the molecule is COC(Cc1ccc(C#Cc2ccc(C(F)(F)F)cc2)cc1)OC. The van der Waals surface area contributed by atoms with Gasteiger partial charge in [-0.25, -0.2) is 0 Å². The van der Waals surface area contributed by atoms with Gasteiger partial charge in [0.1, 0.15) is 0 Å². The molecule has 0 unspecified atom stereocenters. The van der Waals surface area contributed by atoms with E-state index >= 15 is 0 Å². The van der Waals surface area contributed by atoms with Gasteiger partial charge >= 0.3 is 6.18 Å². The van der Waals surface area contributed by atoms with Crippen LogP contribution in [0.1, 0.15) is 22.3 Å². The first-order valence-electron chi connectivity index (χ1n) is 7.26. The van der Waals surface area contributed by atoms with Gasteiger partial charge in [0, 0.05) is 31.8 Å². The summed E-state index contributed by atoms with van der Waals surface area (Å²) < 4.78 is 47.8. The second-order valence-electron chi connectivity index (χ2n) is 5.13. The Hall–Kier alpha value is -2.29. The molecule has 0 aliphatic carbocycles. The van der Waals surface area contributed by atoms with Crippen LogP contribution in [0.4, 0.5) is 13.2 Å². The summed E-state index contributed by atoms with van der Waals surface area (Å²) in [5.41, 5.74) is 1.68. The standard InChI is InChI=1S/C19H17F3O2/c1-23-18(24-2)13-16-7-5-14(6-8-16)3-4-15-9-11-17(12-10-15)19(20,21)22/h5-12,18H,13H2,1-2H3. The number of benzene rings is 2. The molecule has 0 N–H and O–H groups in total. The summed E-state index contributed by atoms with van der Waals surface area (Å²) in [4.78, 5) is 0. The van der Waals surface area contributed by atoms with Gasteiger partial charge in [-0.1, -0.05) is 24.0 Å². The van der Waals surface area contributed by atoms with Crippen molar-refractivity contribution in [3.8, 4) is 11.8 Å². The van der Waals surface area contributed by atoms with Crippen LogP contribution in [-0.4, -0.2) is 20.5 Å². The van der Waals surface area contributed by atoms with Crippen molar-refractivity contribution in [1.29, 1.82) is 0 Å². The summed E-state index contributed by atoms with van der Waals surface area (Å²) in [6.45, 7) is 0. The Balaban J connectivity index is 2.05. The molecule has 0 aromatic heterocycles. The maximum Gasteiger partial charge on any atom is 0.416 e. The van der Waals surface area contributed by atoms with E-state index in [1.54, 1.807) is 14.2 Å². The summed E-state index contributed by atoms with van der Waals surface area (Å²) in [7, 11) is 3.16. The molecule has 0 heterocycles. The molecule has 24 heavy (non-hydrogen) atoms. The number of methoxy groups -OCH3 is 2. The molecule has 0 aliphatic heterocycles. The second kappa shape index (κ2) is 8.00. The topological polar surface area (TPSA) is 18.5 Å². The number of hydrogen-bond donors (Lipinski definition) is 0. The first-order valence-corrected chi connectivity index (χ1v) is 7.26. The molecule has 0 spiro atoms. The molecule has 5 heteroatoms. The van der Waals surface area contributed by atoms with Crippen molar-refractivity contribution in [3.05, 3.63) is 70.8 Å². The smallest absolute Gasteiger partial charge is 0.356 e. The summed E-state index contributed by atoms with van der Waals surface area (Å²) in [6.07, 6.45) is -4.00. The Morgan fingerprint density at radius 2 is 1.29 bits per heavy atom. The van der Waals surface area contributed by atoms with Crippen LogP contribution in [0, 0.1) is 11.8 Å². The highest BCUT2D eigenvalue weighted by Crippen LogP contribution is 2.28. The second-order valence-corrected chi connectivity index (χ2v) is 5.13. The highest BCUT2D eigenvalue weighted by molar-refractivity contribution is 5.44. The van der Waals surface area contributed by atoms with Crippen molar-refractivity contribution in [1.82, 2.24) is 0 Å². The Kier molecular flexibility index (Phi) is 6.02. The summed E-state index contributed by atoms with van der Waals surface area (Å²) in [5.74, 6) is 5.79. The fourth-order valence-electron chi connectivity index (χ4n) is 2.07. The number of halogens is 3. The van der Waals surface area contributed by atoms with Gasteiger partial charge in [-0.05, 0) is 42.0 Å². The Labute approximate surface area is 139 Å². The normalized spacial score (nSPS) is 11.2. The molecule has 0 saturated heterocycles. The predicted octanol–water partition coefficient (Wildman–Crippen LogP) is 4.27. The molecular formula is C19H17F3O2. The summed E-state index contributed by atoms with van der Waals surface area (Å²) >= 11 is 0. The van der Waals surface area contributed by atoms with Crippen molar-refractivity contribution in [2.75, 3.05) is 14.2 Å². The van der Waals surface area contributed by atoms with Crippen LogP contribution < -0.4 is 0 Å². The van der Waals surface area contributed by atoms with Crippen LogP contribution in [0.15, 0.2) is 48.5 Å². The summed E-state index contributed by atoms with van der Waals surface area (Å²) in [5, 5.41) is 0. The van der Waals surface area contributed by atoms with Crippen LogP contribution >= 0.6 is 0 Å². The van der Waals surface area contributed by atoms with E-state index < -0.39 is 11.7 Å². The third kappa shape index (κ3) is 5.12. The number of rotatable bonds is 4. The van der Waals surface area contributed by atoms with Gasteiger partial charge in [-0.2, -0.15) is 13.2 Å². The molecule has 0 aliphatic rings. The fraction of sp³-hybridized carbons (Fsp3) is 0.263. The van der Waals surface area contributed by atoms with Gasteiger partial charge in [-0.15, -0.1) is 0 Å². The third-order valence-corrected chi connectivity index (χ3v) is 3.45. The largest absolute Gasteiger partial charge is 0.416 e. The number of ether oxygens (including phenoxy) is 2. The minimum atomic E-state index is -4.33. The molecule has 0 atom stereocenters. The Morgan fingerprint density at radius 1 is 0.833 bits per heavy atom. The van der Waals surface area contributed by atoms with Crippen molar-refractivity contribution >= 4 is 0 Å². The minimum absolute atomic E-state index is 0.297. The molecule has 2 nitrogen and oxygen atoms in total. The molecule has 2 aromatic rings. The monoisotopic (exact) mass is 334 g/mol. The van der Waals surface area contributed by atoms with Crippen molar-refractivity contribution in [3.63, 3.8) is 0 Å². The lowest BCUT2D eigenvalue weighted by Crippen LogP contribution is -2.15. The molecular weight excluding hydrogens is 317 g/mol. The molecule has 0 radical (unpaired) electrons. The quantitative estimate of drug-likeness (QED) is 0.614. The van der Waals surface area contributed by atoms with E-state index in [1.807, 2.05) is 24.3 Å². The zero-order valence-corrected chi connectivity index (χ0v) is 13.4. The Morgan fingerprint density at radius 3 is 1.71 bits per heavy atom. The van der Waals surface area contributed by atoms with Crippen LogP contribution in [0.5, 0.6) is 0 Å². The molecule has 0 fully saturated rings. The first-order chi connectivity index (χ1) is 11.4. The third-order valence-electron chi connectivity index (χ3n) is 3.45. The highest BCUT2D eigenvalue weighted by Gasteiger charge is 2.29. The van der Waals surface area contributed by atoms with Gasteiger partial charge in [0.05, 0.1) is 5.56 Å². The molecule has 2 rings (SSSR count). The predicted molar refractivity (Wildman–Crippen MR) is 85.4 cm³/mol. The molecule has 0 saturated carbocycles. The van der Waals surface area contributed by atoms with E-state index in [-0.39, 0.29) is 6.29 Å². The highest BCUT2D eigenvalue weighted by atomic mass is 19.4. The maximum atomic E-state index is 12.5. The van der Waals surface area contributed by atoms with Crippen LogP contribution in [0.3, 0.4) is 0 Å². The molecule has 0 amide bonds. The lowest BCUT2D eigenvalue weighted by Gasteiger charge is -2.12. The van der Waals surface area contributed by atoms with Crippen LogP contribution in [0.25, 0.3) is 0 Å². The minimum Gasteiger partial charge on any atom is -0.356 e. The summed E-state index contributed by atoms with van der Waals surface area (Å²) in [6, 6.07) is 12.3. The molecule has 2 aromatic carbocycles. The van der Waals surface area contributed by atoms with Gasteiger partial charge in [-0.3, -0.25) is 0 Å². The Bertz CT molecular complexity index is 704. The fourth-order valence-corrected chi connectivity index (χ4v) is 2.07. The van der Waals surface area contributed by atoms with E-state index in [9.17, 15) is 13.2 Å². The van der Waals surface area contributed by atoms with Gasteiger partial charge in [0.25, 0.3) is 0 Å². The van der Waals surface area contributed by atoms with Gasteiger partial charge in [0.2, 0.25) is 0 Å². The average Bonchev–Trinajstić information content (AvgIpc) is 2.58. The first kappa shape index (κ1) is 18.1. The zero-order chi connectivity index (χ0) is 17.6. The van der Waals surface area contributed by atoms with Gasteiger partial charge in [0.15, 0.2) is 6.29 Å². The van der Waals surface area contributed by atoms with E-state index in [0.29, 0.717) is 12.0 Å². The van der Waals surface area contributed by atoms with Crippen molar-refractivity contribution in [2.45, 2.75) is 18.9 Å². The van der Waals surface area contributed by atoms with E-state index in [0.717, 1.165) is 23.3 Å². The van der Waals surface area contributed by atoms with Crippen molar-refractivity contribution in [2.24, 2.45) is 0 Å². The molecule has 0 bridgehead atoms. The number of alkyl halides is 3. The zero-order valence-electron chi connectivity index (χ0n) is 13.4. The lowest BCUT2D eigenvalue weighted by atomic mass is 10.1. The van der Waals surface area contributed by atoms with Crippen molar-refractivity contribution < 1.29 is 22.6 Å². The van der Waals surface area contributed by atoms with Crippen LogP contribution in [-0.2, 0) is 22.1 Å².